The van der Waals surface area contributed by atoms with E-state index in [1.165, 1.54) is 0 Å². The Morgan fingerprint density at radius 3 is 2.71 bits per heavy atom. The number of fused-ring (bicyclic) bond motifs is 1. The van der Waals surface area contributed by atoms with E-state index in [9.17, 15) is 4.79 Å². The van der Waals surface area contributed by atoms with E-state index < -0.39 is 0 Å². The Kier molecular flexibility index (Phi) is 3.14. The molecule has 17 heavy (non-hydrogen) atoms. The monoisotopic (exact) mass is 256 g/mol. The van der Waals surface area contributed by atoms with Crippen LogP contribution in [0.15, 0.2) is 6.20 Å². The molecule has 0 aromatic carbocycles. The van der Waals surface area contributed by atoms with Crippen LogP contribution in [0.3, 0.4) is 0 Å². The molecule has 2 atom stereocenters. The Labute approximate surface area is 106 Å². The summed E-state index contributed by atoms with van der Waals surface area (Å²) in [4.78, 5) is 12.0. The third kappa shape index (κ3) is 2.05. The smallest absolute Gasteiger partial charge is 0.254 e. The summed E-state index contributed by atoms with van der Waals surface area (Å²) in [7, 11) is 1.83. The molecule has 1 aromatic rings. The van der Waals surface area contributed by atoms with Crippen LogP contribution in [0.1, 0.15) is 16.1 Å². The number of aromatic nitrogens is 2. The standard InChI is InChI=1S/C11H16N4O.ClH/c1-6-9(5-15(2)14-6)11(16)13-10-7-3-12-4-8(7)10;/h5,7-8,10,12H,3-4H2,1-2H3,(H,13,16);1H. The molecule has 5 nitrogen and oxygen atoms in total. The second kappa shape index (κ2) is 4.31. The van der Waals surface area contributed by atoms with Gasteiger partial charge in [-0.3, -0.25) is 9.48 Å². The molecule has 0 bridgehead atoms. The van der Waals surface area contributed by atoms with Crippen molar-refractivity contribution in [3.8, 4) is 0 Å². The molecule has 1 aliphatic carbocycles. The molecule has 94 valence electrons. The van der Waals surface area contributed by atoms with Crippen molar-refractivity contribution in [1.82, 2.24) is 20.4 Å². The van der Waals surface area contributed by atoms with E-state index in [1.54, 1.807) is 10.9 Å². The third-order valence-electron chi connectivity index (χ3n) is 3.65. The van der Waals surface area contributed by atoms with Crippen molar-refractivity contribution in [3.05, 3.63) is 17.5 Å². The number of hydrogen-bond donors (Lipinski definition) is 2. The number of piperidine rings is 1. The van der Waals surface area contributed by atoms with E-state index in [-0.39, 0.29) is 18.3 Å². The molecule has 1 saturated heterocycles. The number of nitrogens with zero attached hydrogens (tertiary/aromatic N) is 2. The fourth-order valence-electron chi connectivity index (χ4n) is 2.68. The van der Waals surface area contributed by atoms with Gasteiger partial charge in [-0.2, -0.15) is 5.10 Å². The van der Waals surface area contributed by atoms with E-state index >= 15 is 0 Å². The first-order chi connectivity index (χ1) is 7.66. The van der Waals surface area contributed by atoms with E-state index in [0.29, 0.717) is 23.4 Å². The first kappa shape index (κ1) is 12.4. The van der Waals surface area contributed by atoms with Gasteiger partial charge in [0.05, 0.1) is 11.3 Å². The van der Waals surface area contributed by atoms with Crippen molar-refractivity contribution < 1.29 is 4.79 Å². The minimum Gasteiger partial charge on any atom is -0.349 e. The van der Waals surface area contributed by atoms with E-state index in [1.807, 2.05) is 14.0 Å². The van der Waals surface area contributed by atoms with Crippen LogP contribution in [0.4, 0.5) is 0 Å². The molecule has 2 heterocycles. The number of aryl methyl sites for hydroxylation is 2. The Hall–Kier alpha value is -1.07. The fourth-order valence-corrected chi connectivity index (χ4v) is 2.68. The third-order valence-corrected chi connectivity index (χ3v) is 3.65. The van der Waals surface area contributed by atoms with Gasteiger partial charge in [-0.05, 0) is 18.8 Å². The van der Waals surface area contributed by atoms with Crippen molar-refractivity contribution in [3.63, 3.8) is 0 Å². The highest BCUT2D eigenvalue weighted by Gasteiger charge is 2.53. The molecule has 2 unspecified atom stereocenters. The maximum atomic E-state index is 12.0. The number of carbonyl (C=O) groups is 1. The highest BCUT2D eigenvalue weighted by atomic mass is 35.5. The lowest BCUT2D eigenvalue weighted by Crippen LogP contribution is -2.32. The summed E-state index contributed by atoms with van der Waals surface area (Å²) < 4.78 is 1.68. The van der Waals surface area contributed by atoms with Crippen molar-refractivity contribution in [1.29, 1.82) is 0 Å². The lowest BCUT2D eigenvalue weighted by atomic mass is 10.2. The van der Waals surface area contributed by atoms with Crippen LogP contribution < -0.4 is 10.6 Å². The second-order valence-corrected chi connectivity index (χ2v) is 4.79. The summed E-state index contributed by atoms with van der Waals surface area (Å²) in [6.07, 6.45) is 1.78. The van der Waals surface area contributed by atoms with Crippen LogP contribution in [-0.2, 0) is 7.05 Å². The zero-order chi connectivity index (χ0) is 11.3. The van der Waals surface area contributed by atoms with Crippen LogP contribution in [-0.4, -0.2) is 34.8 Å². The van der Waals surface area contributed by atoms with Gasteiger partial charge in [-0.25, -0.2) is 0 Å². The zero-order valence-electron chi connectivity index (χ0n) is 9.93. The van der Waals surface area contributed by atoms with Crippen molar-refractivity contribution in [2.45, 2.75) is 13.0 Å². The predicted molar refractivity (Wildman–Crippen MR) is 66.3 cm³/mol. The summed E-state index contributed by atoms with van der Waals surface area (Å²) in [5, 5.41) is 10.6. The number of halogens is 1. The number of nitrogens with one attached hydrogen (secondary N) is 2. The van der Waals surface area contributed by atoms with Gasteiger partial charge < -0.3 is 10.6 Å². The summed E-state index contributed by atoms with van der Waals surface area (Å²) in [5.74, 6) is 1.33. The zero-order valence-corrected chi connectivity index (χ0v) is 10.8. The fraction of sp³-hybridized carbons (Fsp3) is 0.636. The average molecular weight is 257 g/mol. The van der Waals surface area contributed by atoms with E-state index in [0.717, 1.165) is 18.8 Å². The minimum absolute atomic E-state index is 0. The van der Waals surface area contributed by atoms with Gasteiger partial charge in [0.1, 0.15) is 0 Å². The normalized spacial score (nSPS) is 29.4. The van der Waals surface area contributed by atoms with Gasteiger partial charge in [0.25, 0.3) is 5.91 Å². The van der Waals surface area contributed by atoms with Crippen LogP contribution in [0.25, 0.3) is 0 Å². The molecule has 0 radical (unpaired) electrons. The summed E-state index contributed by atoms with van der Waals surface area (Å²) in [6.45, 7) is 3.95. The molecular weight excluding hydrogens is 240 g/mol. The van der Waals surface area contributed by atoms with Gasteiger partial charge >= 0.3 is 0 Å². The Balaban J connectivity index is 0.00000108. The largest absolute Gasteiger partial charge is 0.349 e. The van der Waals surface area contributed by atoms with Gasteiger partial charge in [0.15, 0.2) is 0 Å². The SMILES string of the molecule is Cc1nn(C)cc1C(=O)NC1C2CNCC21.Cl. The van der Waals surface area contributed by atoms with E-state index in [2.05, 4.69) is 15.7 Å². The second-order valence-electron chi connectivity index (χ2n) is 4.79. The van der Waals surface area contributed by atoms with Crippen LogP contribution in [0.5, 0.6) is 0 Å². The lowest BCUT2D eigenvalue weighted by Gasteiger charge is -2.06. The topological polar surface area (TPSA) is 59.0 Å². The molecule has 1 aromatic heterocycles. The Morgan fingerprint density at radius 1 is 1.53 bits per heavy atom. The lowest BCUT2D eigenvalue weighted by molar-refractivity contribution is 0.0946. The molecule has 2 aliphatic rings. The minimum atomic E-state index is 0. The van der Waals surface area contributed by atoms with Crippen molar-refractivity contribution in [2.24, 2.45) is 18.9 Å². The molecule has 2 fully saturated rings. The summed E-state index contributed by atoms with van der Waals surface area (Å²) in [6, 6.07) is 0.383. The molecule has 2 N–H and O–H groups in total. The maximum absolute atomic E-state index is 12.0. The van der Waals surface area contributed by atoms with Crippen molar-refractivity contribution >= 4 is 18.3 Å². The van der Waals surface area contributed by atoms with Gasteiger partial charge in [0, 0.05) is 32.4 Å². The number of rotatable bonds is 2. The highest BCUT2D eigenvalue weighted by molar-refractivity contribution is 5.95. The van der Waals surface area contributed by atoms with Crippen molar-refractivity contribution in [2.75, 3.05) is 13.1 Å². The van der Waals surface area contributed by atoms with Crippen LogP contribution in [0, 0.1) is 18.8 Å². The Morgan fingerprint density at radius 2 is 2.18 bits per heavy atom. The summed E-state index contributed by atoms with van der Waals surface area (Å²) in [5.41, 5.74) is 1.49. The first-order valence-electron chi connectivity index (χ1n) is 5.68. The maximum Gasteiger partial charge on any atom is 0.254 e. The molecule has 3 rings (SSSR count). The van der Waals surface area contributed by atoms with Crippen LogP contribution >= 0.6 is 12.4 Å². The molecule has 0 spiro atoms. The van der Waals surface area contributed by atoms with Crippen LogP contribution in [0.2, 0.25) is 0 Å². The molecule has 1 amide bonds. The molecule has 6 heteroatoms. The number of carbonyl (C=O) groups excluding carboxylic acids is 1. The predicted octanol–water partition coefficient (Wildman–Crippen LogP) is 0.0979. The molecular formula is C11H17ClN4O. The van der Waals surface area contributed by atoms with E-state index in [4.69, 9.17) is 0 Å². The first-order valence-corrected chi connectivity index (χ1v) is 5.68. The van der Waals surface area contributed by atoms with Gasteiger partial charge in [-0.1, -0.05) is 0 Å². The summed E-state index contributed by atoms with van der Waals surface area (Å²) >= 11 is 0. The van der Waals surface area contributed by atoms with Gasteiger partial charge in [0.2, 0.25) is 0 Å². The molecule has 1 saturated carbocycles. The quantitative estimate of drug-likeness (QED) is 0.789. The number of amides is 1. The highest BCUT2D eigenvalue weighted by Crippen LogP contribution is 2.41. The molecule has 1 aliphatic heterocycles. The Bertz CT molecular complexity index is 435. The number of hydrogen-bond acceptors (Lipinski definition) is 3. The average Bonchev–Trinajstić information content (AvgIpc) is 2.66. The van der Waals surface area contributed by atoms with Gasteiger partial charge in [-0.15, -0.1) is 12.4 Å².